The number of rotatable bonds is 8. The van der Waals surface area contributed by atoms with Crippen LogP contribution >= 0.6 is 0 Å². The lowest BCUT2D eigenvalue weighted by molar-refractivity contribution is 0.0772. The van der Waals surface area contributed by atoms with E-state index in [0.717, 1.165) is 18.7 Å². The van der Waals surface area contributed by atoms with Crippen molar-refractivity contribution >= 4 is 5.95 Å². The van der Waals surface area contributed by atoms with Gasteiger partial charge < -0.3 is 14.7 Å². The van der Waals surface area contributed by atoms with Crippen LogP contribution in [0.2, 0.25) is 0 Å². The maximum atomic E-state index is 8.58. The number of aliphatic hydroxyl groups is 1. The third kappa shape index (κ3) is 5.39. The molecule has 6 heteroatoms. The Morgan fingerprint density at radius 2 is 1.83 bits per heavy atom. The number of ether oxygens (including phenoxy) is 1. The molecule has 0 saturated carbocycles. The van der Waals surface area contributed by atoms with Gasteiger partial charge in [-0.25, -0.2) is 9.97 Å². The van der Waals surface area contributed by atoms with Crippen LogP contribution in [0.1, 0.15) is 5.56 Å². The highest BCUT2D eigenvalue weighted by molar-refractivity contribution is 5.26. The molecule has 0 saturated heterocycles. The molecule has 0 unspecified atom stereocenters. The van der Waals surface area contributed by atoms with Crippen LogP contribution in [-0.4, -0.2) is 67.5 Å². The standard InChI is InChI=1S/C12H22N4O2/c1-15(2)12-13-8-11(9-14-12)10-16(3)4-6-18-7-5-17/h8-9,17H,4-7,10H2,1-3H3. The summed E-state index contributed by atoms with van der Waals surface area (Å²) in [6.07, 6.45) is 3.68. The van der Waals surface area contributed by atoms with Crippen molar-refractivity contribution in [3.05, 3.63) is 18.0 Å². The van der Waals surface area contributed by atoms with Gasteiger partial charge in [0.15, 0.2) is 0 Å². The molecule has 0 aliphatic rings. The maximum Gasteiger partial charge on any atom is 0.224 e. The van der Waals surface area contributed by atoms with E-state index in [9.17, 15) is 0 Å². The number of aromatic nitrogens is 2. The summed E-state index contributed by atoms with van der Waals surface area (Å²) in [5.74, 6) is 0.715. The predicted octanol–water partition coefficient (Wildman–Crippen LogP) is -0.0167. The van der Waals surface area contributed by atoms with E-state index in [1.807, 2.05) is 38.4 Å². The molecule has 0 atom stereocenters. The topological polar surface area (TPSA) is 61.7 Å². The van der Waals surface area contributed by atoms with Gasteiger partial charge in [-0.15, -0.1) is 0 Å². The molecule has 18 heavy (non-hydrogen) atoms. The number of anilines is 1. The monoisotopic (exact) mass is 254 g/mol. The molecule has 0 bridgehead atoms. The smallest absolute Gasteiger partial charge is 0.224 e. The second kappa shape index (κ2) is 7.97. The van der Waals surface area contributed by atoms with Gasteiger partial charge in [-0.2, -0.15) is 0 Å². The lowest BCUT2D eigenvalue weighted by atomic mass is 10.3. The van der Waals surface area contributed by atoms with Crippen molar-refractivity contribution in [2.45, 2.75) is 6.54 Å². The Hall–Kier alpha value is -1.24. The minimum atomic E-state index is 0.0730. The first-order chi connectivity index (χ1) is 8.63. The molecule has 0 amide bonds. The highest BCUT2D eigenvalue weighted by Gasteiger charge is 2.03. The third-order valence-corrected chi connectivity index (χ3v) is 2.40. The maximum absolute atomic E-state index is 8.58. The fourth-order valence-electron chi connectivity index (χ4n) is 1.44. The minimum absolute atomic E-state index is 0.0730. The molecule has 0 spiro atoms. The van der Waals surface area contributed by atoms with E-state index in [1.54, 1.807) is 0 Å². The van der Waals surface area contributed by atoms with Crippen LogP contribution in [0.3, 0.4) is 0 Å². The Morgan fingerprint density at radius 3 is 2.39 bits per heavy atom. The number of hydrogen-bond acceptors (Lipinski definition) is 6. The van der Waals surface area contributed by atoms with Gasteiger partial charge in [0, 0.05) is 45.1 Å². The van der Waals surface area contributed by atoms with Crippen molar-refractivity contribution in [2.75, 3.05) is 52.4 Å². The zero-order valence-corrected chi connectivity index (χ0v) is 11.3. The molecule has 0 aliphatic heterocycles. The summed E-state index contributed by atoms with van der Waals surface area (Å²) in [4.78, 5) is 12.5. The highest BCUT2D eigenvalue weighted by Crippen LogP contribution is 2.05. The lowest BCUT2D eigenvalue weighted by Crippen LogP contribution is -2.23. The predicted molar refractivity (Wildman–Crippen MR) is 70.6 cm³/mol. The molecule has 0 aliphatic carbocycles. The first-order valence-electron chi connectivity index (χ1n) is 5.99. The van der Waals surface area contributed by atoms with Crippen LogP contribution in [0.5, 0.6) is 0 Å². The van der Waals surface area contributed by atoms with Crippen molar-refractivity contribution in [1.82, 2.24) is 14.9 Å². The SMILES string of the molecule is CN(CCOCCO)Cc1cnc(N(C)C)nc1. The van der Waals surface area contributed by atoms with Crippen LogP contribution in [-0.2, 0) is 11.3 Å². The number of aliphatic hydroxyl groups excluding tert-OH is 1. The average Bonchev–Trinajstić information content (AvgIpc) is 2.35. The van der Waals surface area contributed by atoms with Crippen molar-refractivity contribution in [3.8, 4) is 0 Å². The van der Waals surface area contributed by atoms with Gasteiger partial charge in [0.25, 0.3) is 0 Å². The summed E-state index contributed by atoms with van der Waals surface area (Å²) in [6.45, 7) is 2.69. The zero-order valence-electron chi connectivity index (χ0n) is 11.3. The zero-order chi connectivity index (χ0) is 13.4. The van der Waals surface area contributed by atoms with Gasteiger partial charge >= 0.3 is 0 Å². The molecule has 0 aromatic carbocycles. The summed E-state index contributed by atoms with van der Waals surface area (Å²) in [6, 6.07) is 0. The normalized spacial score (nSPS) is 10.9. The van der Waals surface area contributed by atoms with E-state index >= 15 is 0 Å². The fourth-order valence-corrected chi connectivity index (χ4v) is 1.44. The second-order valence-electron chi connectivity index (χ2n) is 4.36. The van der Waals surface area contributed by atoms with Gasteiger partial charge in [-0.05, 0) is 7.05 Å². The summed E-state index contributed by atoms with van der Waals surface area (Å²) in [5.41, 5.74) is 1.07. The van der Waals surface area contributed by atoms with E-state index < -0.39 is 0 Å². The second-order valence-corrected chi connectivity index (χ2v) is 4.36. The van der Waals surface area contributed by atoms with Crippen LogP contribution < -0.4 is 4.90 Å². The van der Waals surface area contributed by atoms with Crippen LogP contribution in [0.4, 0.5) is 5.95 Å². The molecular weight excluding hydrogens is 232 g/mol. The highest BCUT2D eigenvalue weighted by atomic mass is 16.5. The van der Waals surface area contributed by atoms with Gasteiger partial charge in [-0.3, -0.25) is 4.90 Å². The van der Waals surface area contributed by atoms with Gasteiger partial charge in [0.1, 0.15) is 0 Å². The van der Waals surface area contributed by atoms with E-state index in [1.165, 1.54) is 0 Å². The minimum Gasteiger partial charge on any atom is -0.394 e. The third-order valence-electron chi connectivity index (χ3n) is 2.40. The summed E-state index contributed by atoms with van der Waals surface area (Å²) >= 11 is 0. The molecule has 1 aromatic rings. The first-order valence-corrected chi connectivity index (χ1v) is 5.99. The van der Waals surface area contributed by atoms with Crippen molar-refractivity contribution in [3.63, 3.8) is 0 Å². The number of likely N-dealkylation sites (N-methyl/N-ethyl adjacent to an activating group) is 1. The molecule has 1 rings (SSSR count). The Balaban J connectivity index is 2.32. The largest absolute Gasteiger partial charge is 0.394 e. The van der Waals surface area contributed by atoms with E-state index in [-0.39, 0.29) is 6.61 Å². The molecule has 102 valence electrons. The Bertz CT molecular complexity index is 329. The fraction of sp³-hybridized carbons (Fsp3) is 0.667. The van der Waals surface area contributed by atoms with E-state index in [0.29, 0.717) is 19.2 Å². The van der Waals surface area contributed by atoms with E-state index in [2.05, 4.69) is 14.9 Å². The summed E-state index contributed by atoms with van der Waals surface area (Å²) < 4.78 is 5.21. The molecule has 6 nitrogen and oxygen atoms in total. The number of nitrogens with zero attached hydrogens (tertiary/aromatic N) is 4. The molecular formula is C12H22N4O2. The molecule has 0 radical (unpaired) electrons. The van der Waals surface area contributed by atoms with Gasteiger partial charge in [-0.1, -0.05) is 0 Å². The summed E-state index contributed by atoms with van der Waals surface area (Å²) in [7, 11) is 5.85. The molecule has 1 heterocycles. The quantitative estimate of drug-likeness (QED) is 0.658. The van der Waals surface area contributed by atoms with E-state index in [4.69, 9.17) is 9.84 Å². The van der Waals surface area contributed by atoms with Gasteiger partial charge in [0.2, 0.25) is 5.95 Å². The summed E-state index contributed by atoms with van der Waals surface area (Å²) in [5, 5.41) is 8.58. The van der Waals surface area contributed by atoms with Crippen molar-refractivity contribution < 1.29 is 9.84 Å². The van der Waals surface area contributed by atoms with Crippen molar-refractivity contribution in [1.29, 1.82) is 0 Å². The Morgan fingerprint density at radius 1 is 1.17 bits per heavy atom. The van der Waals surface area contributed by atoms with Crippen LogP contribution in [0.25, 0.3) is 0 Å². The first kappa shape index (κ1) is 14.8. The molecule has 0 fully saturated rings. The number of hydrogen-bond donors (Lipinski definition) is 1. The Labute approximate surface area is 108 Å². The molecule has 1 aromatic heterocycles. The van der Waals surface area contributed by atoms with Gasteiger partial charge in [0.05, 0.1) is 19.8 Å². The van der Waals surface area contributed by atoms with Crippen LogP contribution in [0.15, 0.2) is 12.4 Å². The Kier molecular flexibility index (Phi) is 6.56. The van der Waals surface area contributed by atoms with Crippen LogP contribution in [0, 0.1) is 0 Å². The lowest BCUT2D eigenvalue weighted by Gasteiger charge is -2.16. The molecule has 1 N–H and O–H groups in total. The van der Waals surface area contributed by atoms with Crippen molar-refractivity contribution in [2.24, 2.45) is 0 Å². The average molecular weight is 254 g/mol.